The van der Waals surface area contributed by atoms with Gasteiger partial charge in [0.15, 0.2) is 0 Å². The summed E-state index contributed by atoms with van der Waals surface area (Å²) in [4.78, 5) is 3.93. The fourth-order valence-electron chi connectivity index (χ4n) is 0.931. The SMILES string of the molecule is CN=C(NNC)Nc1ccc(F)cc1. The molecule has 0 aromatic heterocycles. The van der Waals surface area contributed by atoms with Crippen molar-refractivity contribution in [1.82, 2.24) is 10.9 Å². The molecule has 4 nitrogen and oxygen atoms in total. The van der Waals surface area contributed by atoms with E-state index in [-0.39, 0.29) is 5.82 Å². The molecule has 1 aromatic rings. The van der Waals surface area contributed by atoms with E-state index >= 15 is 0 Å². The molecule has 0 saturated carbocycles. The molecule has 0 atom stereocenters. The van der Waals surface area contributed by atoms with Gasteiger partial charge in [-0.05, 0) is 24.3 Å². The number of halogens is 1. The van der Waals surface area contributed by atoms with Crippen LogP contribution in [-0.2, 0) is 0 Å². The highest BCUT2D eigenvalue weighted by Crippen LogP contribution is 2.07. The Morgan fingerprint density at radius 1 is 1.29 bits per heavy atom. The van der Waals surface area contributed by atoms with Crippen LogP contribution < -0.4 is 16.2 Å². The Labute approximate surface area is 82.2 Å². The zero-order valence-electron chi connectivity index (χ0n) is 8.13. The highest BCUT2D eigenvalue weighted by atomic mass is 19.1. The van der Waals surface area contributed by atoms with E-state index in [0.717, 1.165) is 5.69 Å². The van der Waals surface area contributed by atoms with Gasteiger partial charge in [0, 0.05) is 19.8 Å². The smallest absolute Gasteiger partial charge is 0.210 e. The Balaban J connectivity index is 2.63. The number of nitrogens with zero attached hydrogens (tertiary/aromatic N) is 1. The van der Waals surface area contributed by atoms with E-state index in [9.17, 15) is 4.39 Å². The molecular weight excluding hydrogens is 183 g/mol. The van der Waals surface area contributed by atoms with E-state index in [1.165, 1.54) is 12.1 Å². The molecule has 1 aromatic carbocycles. The average Bonchev–Trinajstić information content (AvgIpc) is 2.20. The van der Waals surface area contributed by atoms with Crippen LogP contribution in [-0.4, -0.2) is 20.1 Å². The maximum Gasteiger partial charge on any atom is 0.210 e. The lowest BCUT2D eigenvalue weighted by molar-refractivity contribution is 0.628. The lowest BCUT2D eigenvalue weighted by atomic mass is 10.3. The van der Waals surface area contributed by atoms with Crippen LogP contribution in [0.3, 0.4) is 0 Å². The Hall–Kier alpha value is -1.62. The van der Waals surface area contributed by atoms with E-state index in [2.05, 4.69) is 21.2 Å². The van der Waals surface area contributed by atoms with Gasteiger partial charge in [-0.2, -0.15) is 0 Å². The largest absolute Gasteiger partial charge is 0.325 e. The summed E-state index contributed by atoms with van der Waals surface area (Å²) in [6.45, 7) is 0. The molecule has 5 heteroatoms. The first kappa shape index (κ1) is 10.5. The molecule has 0 aliphatic heterocycles. The van der Waals surface area contributed by atoms with Crippen LogP contribution in [0.2, 0.25) is 0 Å². The number of rotatable bonds is 2. The van der Waals surface area contributed by atoms with Gasteiger partial charge < -0.3 is 5.32 Å². The molecule has 0 saturated heterocycles. The molecule has 0 fully saturated rings. The van der Waals surface area contributed by atoms with Gasteiger partial charge in [-0.15, -0.1) is 0 Å². The lowest BCUT2D eigenvalue weighted by Crippen LogP contribution is -2.39. The summed E-state index contributed by atoms with van der Waals surface area (Å²) in [6, 6.07) is 6.04. The van der Waals surface area contributed by atoms with E-state index in [1.54, 1.807) is 26.2 Å². The second-order valence-electron chi connectivity index (χ2n) is 2.58. The first-order chi connectivity index (χ1) is 6.76. The van der Waals surface area contributed by atoms with Crippen LogP contribution in [0.1, 0.15) is 0 Å². The fraction of sp³-hybridized carbons (Fsp3) is 0.222. The van der Waals surface area contributed by atoms with E-state index in [4.69, 9.17) is 0 Å². The predicted octanol–water partition coefficient (Wildman–Crippen LogP) is 0.947. The first-order valence-corrected chi connectivity index (χ1v) is 4.18. The topological polar surface area (TPSA) is 48.5 Å². The standard InChI is InChI=1S/C9H13FN4/c1-11-9(14-12-2)13-8-5-3-7(10)4-6-8/h3-6,12H,1-2H3,(H2,11,13,14). The molecule has 76 valence electrons. The van der Waals surface area contributed by atoms with Gasteiger partial charge in [-0.25, -0.2) is 9.82 Å². The van der Waals surface area contributed by atoms with Crippen molar-refractivity contribution in [1.29, 1.82) is 0 Å². The van der Waals surface area contributed by atoms with Gasteiger partial charge in [0.2, 0.25) is 5.96 Å². The molecule has 0 radical (unpaired) electrons. The number of benzene rings is 1. The lowest BCUT2D eigenvalue weighted by Gasteiger charge is -2.09. The van der Waals surface area contributed by atoms with Crippen LogP contribution in [0.4, 0.5) is 10.1 Å². The van der Waals surface area contributed by atoms with Gasteiger partial charge in [0.05, 0.1) is 0 Å². The Morgan fingerprint density at radius 2 is 1.93 bits per heavy atom. The normalized spacial score (nSPS) is 11.2. The monoisotopic (exact) mass is 196 g/mol. The molecule has 14 heavy (non-hydrogen) atoms. The van der Waals surface area contributed by atoms with Crippen molar-refractivity contribution in [3.63, 3.8) is 0 Å². The summed E-state index contributed by atoms with van der Waals surface area (Å²) < 4.78 is 12.6. The third-order valence-corrected chi connectivity index (χ3v) is 1.57. The van der Waals surface area contributed by atoms with Gasteiger partial charge >= 0.3 is 0 Å². The van der Waals surface area contributed by atoms with Crippen LogP contribution in [0.25, 0.3) is 0 Å². The average molecular weight is 196 g/mol. The summed E-state index contributed by atoms with van der Waals surface area (Å²) in [6.07, 6.45) is 0. The van der Waals surface area contributed by atoms with Crippen molar-refractivity contribution in [3.05, 3.63) is 30.1 Å². The Kier molecular flexibility index (Phi) is 3.87. The van der Waals surface area contributed by atoms with Crippen molar-refractivity contribution < 1.29 is 4.39 Å². The summed E-state index contributed by atoms with van der Waals surface area (Å²) >= 11 is 0. The summed E-state index contributed by atoms with van der Waals surface area (Å²) in [7, 11) is 3.38. The molecule has 1 rings (SSSR count). The highest BCUT2D eigenvalue weighted by molar-refractivity contribution is 5.93. The van der Waals surface area contributed by atoms with Crippen LogP contribution in [0, 0.1) is 5.82 Å². The number of aliphatic imine (C=N–C) groups is 1. The fourth-order valence-corrected chi connectivity index (χ4v) is 0.931. The molecule has 0 aliphatic rings. The summed E-state index contributed by atoms with van der Waals surface area (Å²) in [5.74, 6) is 0.311. The number of guanidine groups is 1. The molecule has 0 aliphatic carbocycles. The molecule has 0 unspecified atom stereocenters. The highest BCUT2D eigenvalue weighted by Gasteiger charge is 1.96. The summed E-state index contributed by atoms with van der Waals surface area (Å²) in [5.41, 5.74) is 6.30. The number of hydrogen-bond acceptors (Lipinski definition) is 2. The quantitative estimate of drug-likeness (QED) is 0.375. The minimum absolute atomic E-state index is 0.257. The zero-order chi connectivity index (χ0) is 10.4. The van der Waals surface area contributed by atoms with Crippen LogP contribution >= 0.6 is 0 Å². The van der Waals surface area contributed by atoms with Crippen molar-refractivity contribution in [2.45, 2.75) is 0 Å². The Morgan fingerprint density at radius 3 is 2.43 bits per heavy atom. The molecule has 0 amide bonds. The van der Waals surface area contributed by atoms with E-state index < -0.39 is 0 Å². The van der Waals surface area contributed by atoms with Crippen molar-refractivity contribution in [2.24, 2.45) is 4.99 Å². The number of nitrogens with one attached hydrogen (secondary N) is 3. The second kappa shape index (κ2) is 5.18. The minimum atomic E-state index is -0.257. The van der Waals surface area contributed by atoms with E-state index in [0.29, 0.717) is 5.96 Å². The number of hydrazine groups is 1. The van der Waals surface area contributed by atoms with E-state index in [1.807, 2.05) is 0 Å². The molecule has 3 N–H and O–H groups in total. The second-order valence-corrected chi connectivity index (χ2v) is 2.58. The van der Waals surface area contributed by atoms with Gasteiger partial charge in [-0.1, -0.05) is 0 Å². The minimum Gasteiger partial charge on any atom is -0.325 e. The van der Waals surface area contributed by atoms with Gasteiger partial charge in [-0.3, -0.25) is 10.4 Å². The van der Waals surface area contributed by atoms with Crippen molar-refractivity contribution in [3.8, 4) is 0 Å². The third-order valence-electron chi connectivity index (χ3n) is 1.57. The molecular formula is C9H13FN4. The van der Waals surface area contributed by atoms with Crippen LogP contribution in [0.5, 0.6) is 0 Å². The summed E-state index contributed by atoms with van der Waals surface area (Å²) in [5, 5.41) is 2.97. The maximum atomic E-state index is 12.6. The first-order valence-electron chi connectivity index (χ1n) is 4.18. The predicted molar refractivity (Wildman–Crippen MR) is 55.6 cm³/mol. The zero-order valence-corrected chi connectivity index (χ0v) is 8.13. The maximum absolute atomic E-state index is 12.6. The number of hydrogen-bond donors (Lipinski definition) is 3. The molecule has 0 spiro atoms. The van der Waals surface area contributed by atoms with Gasteiger partial charge in [0.1, 0.15) is 5.82 Å². The van der Waals surface area contributed by atoms with Crippen molar-refractivity contribution >= 4 is 11.6 Å². The van der Waals surface area contributed by atoms with Crippen molar-refractivity contribution in [2.75, 3.05) is 19.4 Å². The molecule has 0 heterocycles. The Bertz CT molecular complexity index is 307. The van der Waals surface area contributed by atoms with Crippen LogP contribution in [0.15, 0.2) is 29.3 Å². The van der Waals surface area contributed by atoms with Gasteiger partial charge in [0.25, 0.3) is 0 Å². The number of anilines is 1. The molecule has 0 bridgehead atoms. The third kappa shape index (κ3) is 3.02.